The lowest BCUT2D eigenvalue weighted by Gasteiger charge is -2.18. The molecule has 0 saturated heterocycles. The topological polar surface area (TPSA) is 96.0 Å². The zero-order valence-electron chi connectivity index (χ0n) is 36.3. The van der Waals surface area contributed by atoms with Crippen LogP contribution in [0.15, 0.2) is 116 Å². The van der Waals surface area contributed by atoms with Gasteiger partial charge < -0.3 is 9.97 Å². The zero-order chi connectivity index (χ0) is 41.1. The molecule has 0 aliphatic heterocycles. The second-order valence-corrected chi connectivity index (χ2v) is 19.1. The Kier molecular flexibility index (Phi) is 15.1. The fourth-order valence-corrected chi connectivity index (χ4v) is 5.67. The van der Waals surface area contributed by atoms with Crippen LogP contribution < -0.4 is 0 Å². The Morgan fingerprint density at radius 3 is 1.53 bits per heavy atom. The molecule has 55 heavy (non-hydrogen) atoms. The summed E-state index contributed by atoms with van der Waals surface area (Å²) in [5.41, 5.74) is 10.6. The Hall–Kier alpha value is -4.91. The van der Waals surface area contributed by atoms with Crippen LogP contribution in [0.3, 0.4) is 0 Å². The summed E-state index contributed by atoms with van der Waals surface area (Å²) in [6.45, 7) is 33.0. The molecule has 0 atom stereocenters. The van der Waals surface area contributed by atoms with Crippen molar-refractivity contribution in [2.45, 2.75) is 132 Å². The van der Waals surface area contributed by atoms with E-state index in [1.54, 1.807) is 18.6 Å². The quantitative estimate of drug-likeness (QED) is 0.162. The Morgan fingerprint density at radius 1 is 0.491 bits per heavy atom. The van der Waals surface area contributed by atoms with E-state index in [0.29, 0.717) is 5.41 Å². The van der Waals surface area contributed by atoms with Gasteiger partial charge in [0.2, 0.25) is 0 Å². The predicted molar refractivity (Wildman–Crippen MR) is 235 cm³/mol. The highest BCUT2D eigenvalue weighted by Gasteiger charge is 2.20. The molecule has 0 saturated carbocycles. The van der Waals surface area contributed by atoms with Gasteiger partial charge in [-0.2, -0.15) is 0 Å². The van der Waals surface area contributed by atoms with Crippen LogP contribution >= 0.6 is 0 Å². The van der Waals surface area contributed by atoms with Crippen LogP contribution in [-0.4, -0.2) is 34.9 Å². The summed E-state index contributed by atoms with van der Waals surface area (Å²) in [7, 11) is 0. The first-order chi connectivity index (χ1) is 25.5. The second-order valence-electron chi connectivity index (χ2n) is 19.1. The normalized spacial score (nSPS) is 13.0. The summed E-state index contributed by atoms with van der Waals surface area (Å²) in [6, 6.07) is 12.3. The lowest BCUT2D eigenvalue weighted by atomic mass is 9.87. The van der Waals surface area contributed by atoms with E-state index >= 15 is 0 Å². The van der Waals surface area contributed by atoms with Gasteiger partial charge in [0.05, 0.1) is 0 Å². The third-order valence-electron chi connectivity index (χ3n) is 9.08. The molecular weight excluding hydrogens is 675 g/mol. The van der Waals surface area contributed by atoms with Gasteiger partial charge in [0.25, 0.3) is 0 Å². The van der Waals surface area contributed by atoms with Crippen LogP contribution in [0.5, 0.6) is 0 Å². The number of allylic oxidation sites excluding steroid dienone is 4. The average molecular weight is 742 g/mol. The largest absolute Gasteiger partial charge is 0.346 e. The maximum Gasteiger partial charge on any atom is 0.156 e. The lowest BCUT2D eigenvalue weighted by molar-refractivity contribution is 0.518. The Balaban J connectivity index is 0.000000186. The summed E-state index contributed by atoms with van der Waals surface area (Å²) >= 11 is 0. The first kappa shape index (κ1) is 44.5. The van der Waals surface area contributed by atoms with E-state index in [9.17, 15) is 0 Å². The van der Waals surface area contributed by atoms with Crippen LogP contribution in [0, 0.1) is 5.41 Å². The van der Waals surface area contributed by atoms with E-state index in [0.717, 1.165) is 23.2 Å². The molecule has 0 aromatic carbocycles. The molecule has 0 fully saturated rings. The number of pyridine rings is 3. The summed E-state index contributed by atoms with van der Waals surface area (Å²) < 4.78 is 0. The summed E-state index contributed by atoms with van der Waals surface area (Å²) in [5.74, 6) is 0. The Morgan fingerprint density at radius 2 is 1.05 bits per heavy atom. The minimum absolute atomic E-state index is 0.119. The number of rotatable bonds is 0. The second kappa shape index (κ2) is 18.6. The van der Waals surface area contributed by atoms with Crippen molar-refractivity contribution in [1.29, 1.82) is 0 Å². The minimum Gasteiger partial charge on any atom is -0.346 e. The van der Waals surface area contributed by atoms with E-state index in [1.165, 1.54) is 33.2 Å². The van der Waals surface area contributed by atoms with E-state index in [2.05, 4.69) is 187 Å². The van der Waals surface area contributed by atoms with E-state index in [-0.39, 0.29) is 21.7 Å². The number of hydrogen-bond donors (Lipinski definition) is 2. The predicted octanol–water partition coefficient (Wildman–Crippen LogP) is 12.8. The molecule has 1 aliphatic rings. The number of aromatic nitrogens is 7. The van der Waals surface area contributed by atoms with Gasteiger partial charge in [0.1, 0.15) is 11.2 Å². The SMILES string of the molecule is CC(C)(C)C1=CCC=C1.CC(C)(C)c1c[nH]c2ncccc12.CC(C)(C)c1c[nH]c2nccnc12.CC(C)(C)c1cccnc1.CC(C)(C)c1ccncc1. The van der Waals surface area contributed by atoms with Crippen molar-refractivity contribution in [1.82, 2.24) is 34.9 Å². The average Bonchev–Trinajstić information content (AvgIpc) is 3.89. The van der Waals surface area contributed by atoms with E-state index < -0.39 is 0 Å². The highest BCUT2D eigenvalue weighted by Crippen LogP contribution is 2.30. The molecule has 6 aromatic heterocycles. The van der Waals surface area contributed by atoms with Crippen LogP contribution in [0.1, 0.15) is 133 Å². The van der Waals surface area contributed by atoms with Gasteiger partial charge in [-0.3, -0.25) is 15.0 Å². The molecule has 0 unspecified atom stereocenters. The molecule has 1 aliphatic carbocycles. The number of nitrogens with zero attached hydrogens (tertiary/aromatic N) is 5. The molecule has 7 heteroatoms. The van der Waals surface area contributed by atoms with Crippen LogP contribution in [0.25, 0.3) is 22.2 Å². The number of fused-ring (bicyclic) bond motifs is 2. The number of H-pyrrole nitrogens is 2. The zero-order valence-corrected chi connectivity index (χ0v) is 36.3. The van der Waals surface area contributed by atoms with Crippen LogP contribution in [0.4, 0.5) is 0 Å². The fraction of sp³-hybridized carbons (Fsp3) is 0.438. The van der Waals surface area contributed by atoms with Gasteiger partial charge >= 0.3 is 0 Å². The molecule has 0 spiro atoms. The standard InChI is InChI=1S/C11H14N2.C10H13N3.2C9H13N.C9H14/c1-11(2,3)9-7-13-10-8(9)5-4-6-12-10;1-10(2,3)7-6-13-9-8(7)11-4-5-12-9;1-9(2,3)8-4-6-10-7-5-8;1-9(2,3)8-5-4-6-10-7-8;1-9(2,3)8-6-4-5-7-8/h4-7H,1-3H3,(H,12,13);4-6H,1-3H3,(H,12,13);2*4-7H,1-3H3;4,6-7H,5H2,1-3H3. The monoisotopic (exact) mass is 742 g/mol. The highest BCUT2D eigenvalue weighted by molar-refractivity contribution is 5.80. The first-order valence-electron chi connectivity index (χ1n) is 19.4. The van der Waals surface area contributed by atoms with Crippen molar-refractivity contribution in [2.75, 3.05) is 0 Å². The molecule has 6 heterocycles. The molecule has 2 N–H and O–H groups in total. The highest BCUT2D eigenvalue weighted by atomic mass is 14.9. The Bertz CT molecular complexity index is 1950. The summed E-state index contributed by atoms with van der Waals surface area (Å²) in [6.07, 6.45) is 24.5. The summed E-state index contributed by atoms with van der Waals surface area (Å²) in [5, 5.41) is 1.23. The number of hydrogen-bond acceptors (Lipinski definition) is 5. The molecule has 0 bridgehead atoms. The van der Waals surface area contributed by atoms with Crippen molar-refractivity contribution < 1.29 is 0 Å². The molecule has 6 aromatic rings. The number of aromatic amines is 2. The van der Waals surface area contributed by atoms with Crippen molar-refractivity contribution in [3.05, 3.63) is 138 Å². The Labute approximate surface area is 331 Å². The smallest absolute Gasteiger partial charge is 0.156 e. The third-order valence-corrected chi connectivity index (χ3v) is 9.08. The van der Waals surface area contributed by atoms with Gasteiger partial charge in [-0.05, 0) is 86.1 Å². The number of nitrogens with one attached hydrogen (secondary N) is 2. The van der Waals surface area contributed by atoms with Gasteiger partial charge in [-0.1, -0.05) is 128 Å². The molecular formula is C48H67N7. The minimum atomic E-state index is 0.119. The van der Waals surface area contributed by atoms with Gasteiger partial charge in [-0.25, -0.2) is 9.97 Å². The lowest BCUT2D eigenvalue weighted by Crippen LogP contribution is -2.10. The molecule has 0 radical (unpaired) electrons. The van der Waals surface area contributed by atoms with Crippen LogP contribution in [-0.2, 0) is 21.7 Å². The summed E-state index contributed by atoms with van der Waals surface area (Å²) in [4.78, 5) is 27.1. The van der Waals surface area contributed by atoms with Crippen molar-refractivity contribution in [2.24, 2.45) is 5.41 Å². The van der Waals surface area contributed by atoms with Gasteiger partial charge in [0.15, 0.2) is 5.65 Å². The van der Waals surface area contributed by atoms with Crippen molar-refractivity contribution in [3.63, 3.8) is 0 Å². The fourth-order valence-electron chi connectivity index (χ4n) is 5.67. The molecule has 7 nitrogen and oxygen atoms in total. The molecule has 294 valence electrons. The van der Waals surface area contributed by atoms with Crippen LogP contribution in [0.2, 0.25) is 0 Å². The maximum absolute atomic E-state index is 4.31. The third kappa shape index (κ3) is 14.0. The van der Waals surface area contributed by atoms with Crippen molar-refractivity contribution in [3.8, 4) is 0 Å². The molecule has 7 rings (SSSR count). The van der Waals surface area contributed by atoms with Crippen molar-refractivity contribution >= 4 is 22.2 Å². The van der Waals surface area contributed by atoms with E-state index in [4.69, 9.17) is 0 Å². The first-order valence-corrected chi connectivity index (χ1v) is 19.4. The maximum atomic E-state index is 4.31. The van der Waals surface area contributed by atoms with Gasteiger partial charge in [0, 0.05) is 66.7 Å². The van der Waals surface area contributed by atoms with E-state index in [1.807, 2.05) is 43.1 Å². The van der Waals surface area contributed by atoms with Gasteiger partial charge in [-0.15, -0.1) is 0 Å². The molecule has 0 amide bonds.